The van der Waals surface area contributed by atoms with E-state index in [9.17, 15) is 18.0 Å². The third kappa shape index (κ3) is 5.15. The fraction of sp³-hybridized carbons (Fsp3) is 0.350. The number of rotatable bonds is 8. The van der Waals surface area contributed by atoms with Crippen molar-refractivity contribution in [1.82, 2.24) is 0 Å². The van der Waals surface area contributed by atoms with Gasteiger partial charge >= 0.3 is 5.97 Å². The lowest BCUT2D eigenvalue weighted by atomic mass is 10.1. The number of carbonyl (C=O) groups excluding carboxylic acids is 1. The van der Waals surface area contributed by atoms with Crippen LogP contribution in [0.1, 0.15) is 43.4 Å². The molecule has 0 spiro atoms. The lowest BCUT2D eigenvalue weighted by Gasteiger charge is -2.17. The molecule has 0 N–H and O–H groups in total. The molecule has 4 nitrogen and oxygen atoms in total. The summed E-state index contributed by atoms with van der Waals surface area (Å²) in [6.07, 6.45) is -2.66. The fourth-order valence-electron chi connectivity index (χ4n) is 2.40. The third-order valence-electron chi connectivity index (χ3n) is 3.80. The first kappa shape index (κ1) is 20.6. The fourth-order valence-corrected chi connectivity index (χ4v) is 2.40. The van der Waals surface area contributed by atoms with E-state index in [0.717, 1.165) is 12.1 Å². The Bertz CT molecular complexity index is 806. The highest BCUT2D eigenvalue weighted by Gasteiger charge is 2.19. The van der Waals surface area contributed by atoms with Crippen LogP contribution in [0.15, 0.2) is 30.3 Å². The van der Waals surface area contributed by atoms with Gasteiger partial charge in [0.25, 0.3) is 6.43 Å². The molecule has 0 saturated heterocycles. The molecule has 0 heterocycles. The molecule has 7 heteroatoms. The molecule has 2 aromatic rings. The Morgan fingerprint density at radius 1 is 1.07 bits per heavy atom. The first-order chi connectivity index (χ1) is 12.9. The van der Waals surface area contributed by atoms with Crippen molar-refractivity contribution in [3.8, 4) is 17.2 Å². The maximum absolute atomic E-state index is 13.8. The molecule has 0 fully saturated rings. The summed E-state index contributed by atoms with van der Waals surface area (Å²) in [5.41, 5.74) is 0.0715. The van der Waals surface area contributed by atoms with E-state index < -0.39 is 23.8 Å². The summed E-state index contributed by atoms with van der Waals surface area (Å²) >= 11 is 0. The minimum atomic E-state index is -2.82. The Morgan fingerprint density at radius 3 is 2.41 bits per heavy atom. The standard InChI is InChI=1S/C20H21F3O4/c1-4-19(24)27-17-8-6-7-16(25-5-2)14(17)11-26-18-10-15(21)12(3)9-13(18)20(22)23/h6-10,20H,4-5,11H2,1-3H3. The van der Waals surface area contributed by atoms with Gasteiger partial charge in [0, 0.05) is 12.5 Å². The second kappa shape index (κ2) is 9.30. The Hall–Kier alpha value is -2.70. The number of hydrogen-bond acceptors (Lipinski definition) is 4. The van der Waals surface area contributed by atoms with E-state index in [1.807, 2.05) is 0 Å². The zero-order valence-electron chi connectivity index (χ0n) is 15.4. The SMILES string of the molecule is CCOc1cccc(OC(=O)CC)c1COc1cc(F)c(C)cc1C(F)F. The number of carbonyl (C=O) groups is 1. The molecule has 0 aromatic heterocycles. The van der Waals surface area contributed by atoms with Gasteiger partial charge in [0.1, 0.15) is 29.7 Å². The number of halogens is 3. The van der Waals surface area contributed by atoms with Crippen molar-refractivity contribution in [3.63, 3.8) is 0 Å². The summed E-state index contributed by atoms with van der Waals surface area (Å²) in [6.45, 7) is 4.94. The van der Waals surface area contributed by atoms with Crippen LogP contribution in [0.2, 0.25) is 0 Å². The normalized spacial score (nSPS) is 10.8. The summed E-state index contributed by atoms with van der Waals surface area (Å²) < 4.78 is 56.6. The second-order valence-corrected chi connectivity index (χ2v) is 5.72. The van der Waals surface area contributed by atoms with E-state index in [-0.39, 0.29) is 30.1 Å². The molecule has 0 atom stereocenters. The van der Waals surface area contributed by atoms with Crippen molar-refractivity contribution >= 4 is 5.97 Å². The van der Waals surface area contributed by atoms with Gasteiger partial charge in [-0.1, -0.05) is 13.0 Å². The van der Waals surface area contributed by atoms with E-state index in [1.54, 1.807) is 32.0 Å². The number of hydrogen-bond donors (Lipinski definition) is 0. The molecule has 27 heavy (non-hydrogen) atoms. The van der Waals surface area contributed by atoms with Gasteiger partial charge in [0.2, 0.25) is 0 Å². The zero-order valence-corrected chi connectivity index (χ0v) is 15.4. The lowest BCUT2D eigenvalue weighted by molar-refractivity contribution is -0.134. The number of esters is 1. The predicted octanol–water partition coefficient (Wildman–Crippen LogP) is 5.36. The van der Waals surface area contributed by atoms with Gasteiger partial charge in [-0.25, -0.2) is 13.2 Å². The summed E-state index contributed by atoms with van der Waals surface area (Å²) in [6, 6.07) is 6.83. The highest BCUT2D eigenvalue weighted by atomic mass is 19.3. The Kier molecular flexibility index (Phi) is 7.10. The van der Waals surface area contributed by atoms with E-state index in [2.05, 4.69) is 0 Å². The molecule has 0 aliphatic carbocycles. The van der Waals surface area contributed by atoms with Crippen molar-refractivity contribution in [2.24, 2.45) is 0 Å². The van der Waals surface area contributed by atoms with Crippen LogP contribution < -0.4 is 14.2 Å². The number of ether oxygens (including phenoxy) is 3. The van der Waals surface area contributed by atoms with Gasteiger partial charge in [-0.05, 0) is 37.6 Å². The van der Waals surface area contributed by atoms with Crippen LogP contribution in [0.3, 0.4) is 0 Å². The van der Waals surface area contributed by atoms with Crippen molar-refractivity contribution < 1.29 is 32.2 Å². The Balaban J connectivity index is 2.36. The Labute approximate surface area is 155 Å². The van der Waals surface area contributed by atoms with E-state index >= 15 is 0 Å². The molecule has 2 aromatic carbocycles. The lowest BCUT2D eigenvalue weighted by Crippen LogP contribution is -2.10. The third-order valence-corrected chi connectivity index (χ3v) is 3.80. The summed E-state index contributed by atoms with van der Waals surface area (Å²) in [5.74, 6) is -0.777. The average molecular weight is 382 g/mol. The van der Waals surface area contributed by atoms with Crippen molar-refractivity contribution in [2.45, 2.75) is 40.2 Å². The topological polar surface area (TPSA) is 44.8 Å². The van der Waals surface area contributed by atoms with Crippen molar-refractivity contribution in [2.75, 3.05) is 6.61 Å². The molecule has 0 radical (unpaired) electrons. The number of alkyl halides is 2. The van der Waals surface area contributed by atoms with Crippen LogP contribution in [-0.2, 0) is 11.4 Å². The molecular weight excluding hydrogens is 361 g/mol. The Morgan fingerprint density at radius 2 is 1.78 bits per heavy atom. The van der Waals surface area contributed by atoms with Crippen LogP contribution in [0.4, 0.5) is 13.2 Å². The van der Waals surface area contributed by atoms with Gasteiger partial charge in [-0.2, -0.15) is 0 Å². The highest BCUT2D eigenvalue weighted by Crippen LogP contribution is 2.34. The van der Waals surface area contributed by atoms with Crippen molar-refractivity contribution in [3.05, 3.63) is 52.8 Å². The monoisotopic (exact) mass is 382 g/mol. The van der Waals surface area contributed by atoms with Crippen LogP contribution in [-0.4, -0.2) is 12.6 Å². The van der Waals surface area contributed by atoms with E-state index in [4.69, 9.17) is 14.2 Å². The predicted molar refractivity (Wildman–Crippen MR) is 94.0 cm³/mol. The van der Waals surface area contributed by atoms with E-state index in [0.29, 0.717) is 17.9 Å². The first-order valence-corrected chi connectivity index (χ1v) is 8.53. The molecular formula is C20H21F3O4. The molecule has 0 bridgehead atoms. The van der Waals surface area contributed by atoms with Crippen molar-refractivity contribution in [1.29, 1.82) is 0 Å². The molecule has 0 amide bonds. The molecule has 0 aliphatic heterocycles. The van der Waals surface area contributed by atoms with Gasteiger partial charge < -0.3 is 14.2 Å². The second-order valence-electron chi connectivity index (χ2n) is 5.72. The molecule has 0 aliphatic rings. The molecule has 2 rings (SSSR count). The molecule has 146 valence electrons. The summed E-state index contributed by atoms with van der Waals surface area (Å²) in [5, 5.41) is 0. The van der Waals surface area contributed by atoms with E-state index in [1.165, 1.54) is 6.92 Å². The average Bonchev–Trinajstić information content (AvgIpc) is 2.63. The van der Waals surface area contributed by atoms with Crippen LogP contribution in [0.25, 0.3) is 0 Å². The van der Waals surface area contributed by atoms with Crippen LogP contribution in [0.5, 0.6) is 17.2 Å². The van der Waals surface area contributed by atoms with Gasteiger partial charge in [0.15, 0.2) is 0 Å². The largest absolute Gasteiger partial charge is 0.493 e. The minimum absolute atomic E-state index is 0.102. The maximum Gasteiger partial charge on any atom is 0.310 e. The highest BCUT2D eigenvalue weighted by molar-refractivity contribution is 5.72. The number of benzene rings is 2. The summed E-state index contributed by atoms with van der Waals surface area (Å²) in [4.78, 5) is 11.6. The maximum atomic E-state index is 13.8. The van der Waals surface area contributed by atoms with Crippen LogP contribution in [0, 0.1) is 12.7 Å². The molecule has 0 unspecified atom stereocenters. The quantitative estimate of drug-likeness (QED) is 0.455. The van der Waals surface area contributed by atoms with Gasteiger partial charge in [0.05, 0.1) is 17.7 Å². The number of aryl methyl sites for hydroxylation is 1. The zero-order chi connectivity index (χ0) is 20.0. The smallest absolute Gasteiger partial charge is 0.310 e. The van der Waals surface area contributed by atoms with Gasteiger partial charge in [-0.15, -0.1) is 0 Å². The summed E-state index contributed by atoms with van der Waals surface area (Å²) in [7, 11) is 0. The first-order valence-electron chi connectivity index (χ1n) is 8.53. The molecule has 0 saturated carbocycles. The van der Waals surface area contributed by atoms with Crippen LogP contribution >= 0.6 is 0 Å². The minimum Gasteiger partial charge on any atom is -0.493 e. The van der Waals surface area contributed by atoms with Gasteiger partial charge in [-0.3, -0.25) is 4.79 Å².